The average molecular weight is 629 g/mol. The van der Waals surface area contributed by atoms with Crippen molar-refractivity contribution in [1.82, 2.24) is 14.9 Å². The minimum atomic E-state index is -0.337. The number of hydrogen-bond acceptors (Lipinski definition) is 4. The molecule has 1 aliphatic rings. The first-order valence-corrected chi connectivity index (χ1v) is 16.4. The second kappa shape index (κ2) is 15.5. The molecule has 0 radical (unpaired) electrons. The Labute approximate surface area is 267 Å². The molecule has 1 fully saturated rings. The van der Waals surface area contributed by atoms with E-state index in [1.165, 1.54) is 0 Å². The summed E-state index contributed by atoms with van der Waals surface area (Å²) in [6, 6.07) is 13.3. The lowest BCUT2D eigenvalue weighted by Gasteiger charge is -2.36. The third-order valence-electron chi connectivity index (χ3n) is 8.63. The van der Waals surface area contributed by atoms with Gasteiger partial charge in [0.25, 0.3) is 0 Å². The molecule has 8 heteroatoms. The fraction of sp³-hybridized carbons (Fsp3) is 0.543. The van der Waals surface area contributed by atoms with Gasteiger partial charge in [-0.2, -0.15) is 0 Å². The Bertz CT molecular complexity index is 1330. The molecule has 0 bridgehead atoms. The van der Waals surface area contributed by atoms with E-state index in [1.54, 1.807) is 13.2 Å². The maximum Gasteiger partial charge on any atom is 0.223 e. The zero-order chi connectivity index (χ0) is 31.0. The molecule has 0 spiro atoms. The lowest BCUT2D eigenvalue weighted by atomic mass is 9.69. The molecule has 1 N–H and O–H groups in total. The third-order valence-corrected chi connectivity index (χ3v) is 9.18. The predicted molar refractivity (Wildman–Crippen MR) is 176 cm³/mol. The van der Waals surface area contributed by atoms with Gasteiger partial charge in [-0.25, -0.2) is 4.98 Å². The Morgan fingerprint density at radius 2 is 1.79 bits per heavy atom. The van der Waals surface area contributed by atoms with Crippen LogP contribution < -0.4 is 10.1 Å². The van der Waals surface area contributed by atoms with Crippen LogP contribution in [0, 0.1) is 17.3 Å². The standard InChI is InChI=1S/C35H47Cl2N3O3/c1-6-7-19-43-28-15-8-24(9-16-28)21-31(39-34(41)25-10-12-26(13-11-25)35(2,3)4)33-38-32(23-40(33)18-20-42-5)29-17-14-27(36)22-30(29)37/h8-9,14-17,22-23,25-26,31H,6-7,10-13,18-21H2,1-5H3,(H,39,41)/t25?,26?,31-/m0/s1. The van der Waals surface area contributed by atoms with E-state index in [4.69, 9.17) is 37.7 Å². The van der Waals surface area contributed by atoms with E-state index in [0.29, 0.717) is 42.1 Å². The van der Waals surface area contributed by atoms with Gasteiger partial charge in [0.05, 0.1) is 30.0 Å². The third kappa shape index (κ3) is 9.23. The summed E-state index contributed by atoms with van der Waals surface area (Å²) in [6.07, 6.45) is 8.68. The van der Waals surface area contributed by atoms with E-state index in [2.05, 4.69) is 49.7 Å². The van der Waals surface area contributed by atoms with E-state index >= 15 is 0 Å². The predicted octanol–water partition coefficient (Wildman–Crippen LogP) is 8.93. The summed E-state index contributed by atoms with van der Waals surface area (Å²) in [5.41, 5.74) is 2.89. The van der Waals surface area contributed by atoms with Crippen LogP contribution in [-0.4, -0.2) is 35.8 Å². The van der Waals surface area contributed by atoms with Gasteiger partial charge in [-0.05, 0) is 85.8 Å². The van der Waals surface area contributed by atoms with E-state index in [9.17, 15) is 4.79 Å². The van der Waals surface area contributed by atoms with Crippen molar-refractivity contribution in [3.63, 3.8) is 0 Å². The number of imidazole rings is 1. The smallest absolute Gasteiger partial charge is 0.223 e. The van der Waals surface area contributed by atoms with E-state index in [1.807, 2.05) is 30.5 Å². The molecule has 2 aromatic carbocycles. The Hall–Kier alpha value is -2.54. The van der Waals surface area contributed by atoms with Gasteiger partial charge in [0, 0.05) is 36.4 Å². The molecule has 234 valence electrons. The molecule has 1 amide bonds. The Morgan fingerprint density at radius 3 is 2.42 bits per heavy atom. The van der Waals surface area contributed by atoms with Crippen molar-refractivity contribution in [1.29, 1.82) is 0 Å². The average Bonchev–Trinajstić information content (AvgIpc) is 3.40. The van der Waals surface area contributed by atoms with Crippen LogP contribution in [0.3, 0.4) is 0 Å². The zero-order valence-corrected chi connectivity index (χ0v) is 27.8. The lowest BCUT2D eigenvalue weighted by molar-refractivity contribution is -0.127. The van der Waals surface area contributed by atoms with Crippen molar-refractivity contribution in [2.45, 2.75) is 85.2 Å². The number of unbranched alkanes of at least 4 members (excludes halogenated alkanes) is 1. The van der Waals surface area contributed by atoms with Crippen LogP contribution in [-0.2, 0) is 22.5 Å². The first kappa shape index (κ1) is 33.4. The van der Waals surface area contributed by atoms with Crippen LogP contribution in [0.15, 0.2) is 48.7 Å². The SMILES string of the molecule is CCCCOc1ccc(C[C@H](NC(=O)C2CCC(C(C)(C)C)CC2)c2nc(-c3ccc(Cl)cc3Cl)cn2CCOC)cc1. The van der Waals surface area contributed by atoms with Crippen LogP contribution >= 0.6 is 23.2 Å². The fourth-order valence-corrected chi connectivity index (χ4v) is 6.42. The molecule has 3 aromatic rings. The molecule has 0 saturated heterocycles. The molecule has 4 rings (SSSR count). The summed E-state index contributed by atoms with van der Waals surface area (Å²) >= 11 is 12.8. The number of ether oxygens (including phenoxy) is 2. The molecule has 1 atom stereocenters. The second-order valence-corrected chi connectivity index (χ2v) is 13.7. The summed E-state index contributed by atoms with van der Waals surface area (Å²) in [5, 5.41) is 4.52. The number of halogens is 2. The highest BCUT2D eigenvalue weighted by Crippen LogP contribution is 2.40. The molecule has 1 aliphatic carbocycles. The lowest BCUT2D eigenvalue weighted by Crippen LogP contribution is -2.39. The normalized spacial score (nSPS) is 17.9. The van der Waals surface area contributed by atoms with Crippen LogP contribution in [0.4, 0.5) is 0 Å². The van der Waals surface area contributed by atoms with Crippen LogP contribution in [0.5, 0.6) is 5.75 Å². The highest BCUT2D eigenvalue weighted by atomic mass is 35.5. The highest BCUT2D eigenvalue weighted by molar-refractivity contribution is 6.36. The molecule has 0 aliphatic heterocycles. The van der Waals surface area contributed by atoms with Gasteiger partial charge in [-0.15, -0.1) is 0 Å². The van der Waals surface area contributed by atoms with Crippen molar-refractivity contribution in [2.75, 3.05) is 20.3 Å². The minimum Gasteiger partial charge on any atom is -0.494 e. The number of nitrogens with zero attached hydrogens (tertiary/aromatic N) is 2. The second-order valence-electron chi connectivity index (χ2n) is 12.8. The molecule has 1 saturated carbocycles. The van der Waals surface area contributed by atoms with Crippen LogP contribution in [0.1, 0.15) is 83.6 Å². The zero-order valence-electron chi connectivity index (χ0n) is 26.3. The van der Waals surface area contributed by atoms with Gasteiger partial charge in [-0.1, -0.05) is 69.5 Å². The topological polar surface area (TPSA) is 65.4 Å². The van der Waals surface area contributed by atoms with Crippen LogP contribution in [0.25, 0.3) is 11.3 Å². The number of methoxy groups -OCH3 is 1. The number of amides is 1. The van der Waals surface area contributed by atoms with Crippen molar-refractivity contribution in [3.05, 3.63) is 70.1 Å². The molecular weight excluding hydrogens is 581 g/mol. The van der Waals surface area contributed by atoms with Gasteiger partial charge in [-0.3, -0.25) is 4.79 Å². The summed E-state index contributed by atoms with van der Waals surface area (Å²) < 4.78 is 13.4. The fourth-order valence-electron chi connectivity index (χ4n) is 5.91. The number of carbonyl (C=O) groups is 1. The van der Waals surface area contributed by atoms with E-state index in [0.717, 1.165) is 66.9 Å². The van der Waals surface area contributed by atoms with Gasteiger partial charge < -0.3 is 19.4 Å². The first-order chi connectivity index (χ1) is 20.6. The van der Waals surface area contributed by atoms with Gasteiger partial charge in [0.2, 0.25) is 5.91 Å². The molecule has 0 unspecified atom stereocenters. The maximum atomic E-state index is 13.8. The highest BCUT2D eigenvalue weighted by Gasteiger charge is 2.34. The van der Waals surface area contributed by atoms with Crippen LogP contribution in [0.2, 0.25) is 10.0 Å². The van der Waals surface area contributed by atoms with Crippen molar-refractivity contribution < 1.29 is 14.3 Å². The monoisotopic (exact) mass is 627 g/mol. The Kier molecular flexibility index (Phi) is 12.0. The first-order valence-electron chi connectivity index (χ1n) is 15.6. The van der Waals surface area contributed by atoms with Crippen molar-refractivity contribution in [3.8, 4) is 17.0 Å². The molecule has 6 nitrogen and oxygen atoms in total. The number of benzene rings is 2. The summed E-state index contributed by atoms with van der Waals surface area (Å²) in [5.74, 6) is 2.38. The number of rotatable bonds is 13. The van der Waals surface area contributed by atoms with Gasteiger partial charge in [0.1, 0.15) is 11.6 Å². The van der Waals surface area contributed by atoms with E-state index in [-0.39, 0.29) is 23.3 Å². The van der Waals surface area contributed by atoms with Gasteiger partial charge >= 0.3 is 0 Å². The van der Waals surface area contributed by atoms with Crippen molar-refractivity contribution >= 4 is 29.1 Å². The minimum absolute atomic E-state index is 0.00279. The van der Waals surface area contributed by atoms with E-state index < -0.39 is 0 Å². The Balaban J connectivity index is 1.63. The summed E-state index contributed by atoms with van der Waals surface area (Å²) in [4.78, 5) is 18.9. The maximum absolute atomic E-state index is 13.8. The van der Waals surface area contributed by atoms with Crippen molar-refractivity contribution in [2.24, 2.45) is 17.3 Å². The molecule has 1 heterocycles. The molecule has 1 aromatic heterocycles. The number of hydrogen-bond donors (Lipinski definition) is 1. The molecule has 43 heavy (non-hydrogen) atoms. The number of aromatic nitrogens is 2. The number of nitrogens with one attached hydrogen (secondary N) is 1. The van der Waals surface area contributed by atoms with Gasteiger partial charge in [0.15, 0.2) is 0 Å². The number of carbonyl (C=O) groups excluding carboxylic acids is 1. The molecular formula is C35H47Cl2N3O3. The summed E-state index contributed by atoms with van der Waals surface area (Å²) in [6.45, 7) is 10.9. The Morgan fingerprint density at radius 1 is 1.07 bits per heavy atom. The quantitative estimate of drug-likeness (QED) is 0.192. The summed E-state index contributed by atoms with van der Waals surface area (Å²) in [7, 11) is 1.69. The largest absolute Gasteiger partial charge is 0.494 e.